The van der Waals surface area contributed by atoms with Crippen molar-refractivity contribution in [1.29, 1.82) is 0 Å². The topological polar surface area (TPSA) is 72.2 Å². The summed E-state index contributed by atoms with van der Waals surface area (Å²) in [5.41, 5.74) is 0.702. The minimum atomic E-state index is -0.448. The number of Topliss-reactive ketones (excluding diaryl/α,β-unsaturated/α-hetero) is 1. The van der Waals surface area contributed by atoms with E-state index in [0.29, 0.717) is 18.7 Å². The van der Waals surface area contributed by atoms with E-state index in [1.54, 1.807) is 12.1 Å². The first-order valence-corrected chi connectivity index (χ1v) is 4.57. The molecular formula is C10H12N2O3. The summed E-state index contributed by atoms with van der Waals surface area (Å²) in [5.74, 6) is 0.0907. The number of benzene rings is 1. The summed E-state index contributed by atoms with van der Waals surface area (Å²) in [6.07, 6.45) is 0.419. The first-order chi connectivity index (χ1) is 7.09. The van der Waals surface area contributed by atoms with Crippen LogP contribution in [0.25, 0.3) is 0 Å². The van der Waals surface area contributed by atoms with Crippen molar-refractivity contribution in [3.05, 3.63) is 34.4 Å². The quantitative estimate of drug-likeness (QED) is 0.593. The molecule has 0 amide bonds. The number of rotatable bonds is 5. The third-order valence-corrected chi connectivity index (χ3v) is 1.86. The smallest absolute Gasteiger partial charge is 0.271 e. The fourth-order valence-electron chi connectivity index (χ4n) is 1.11. The van der Waals surface area contributed by atoms with Crippen LogP contribution in [0, 0.1) is 10.1 Å². The molecule has 80 valence electrons. The average Bonchev–Trinajstić information content (AvgIpc) is 2.17. The number of nitro benzene ring substituents is 1. The van der Waals surface area contributed by atoms with Gasteiger partial charge in [0.2, 0.25) is 0 Å². The Hall–Kier alpha value is -1.91. The lowest BCUT2D eigenvalue weighted by atomic mass is 10.2. The summed E-state index contributed by atoms with van der Waals surface area (Å²) in [4.78, 5) is 20.7. The van der Waals surface area contributed by atoms with Crippen molar-refractivity contribution in [2.75, 3.05) is 11.9 Å². The van der Waals surface area contributed by atoms with E-state index in [-0.39, 0.29) is 11.5 Å². The third-order valence-electron chi connectivity index (χ3n) is 1.86. The molecule has 0 aliphatic heterocycles. The molecule has 1 rings (SSSR count). The second-order valence-corrected chi connectivity index (χ2v) is 3.19. The van der Waals surface area contributed by atoms with Crippen molar-refractivity contribution in [3.63, 3.8) is 0 Å². The summed E-state index contributed by atoms with van der Waals surface area (Å²) in [7, 11) is 0. The number of hydrogen-bond acceptors (Lipinski definition) is 4. The maximum atomic E-state index is 10.7. The molecule has 0 heterocycles. The maximum Gasteiger partial charge on any atom is 0.271 e. The van der Waals surface area contributed by atoms with E-state index in [4.69, 9.17) is 0 Å². The van der Waals surface area contributed by atoms with Gasteiger partial charge in [0.25, 0.3) is 5.69 Å². The Bertz CT molecular complexity index is 377. The molecule has 0 aromatic heterocycles. The second kappa shape index (κ2) is 5.09. The molecule has 0 fully saturated rings. The van der Waals surface area contributed by atoms with Gasteiger partial charge >= 0.3 is 0 Å². The van der Waals surface area contributed by atoms with Crippen LogP contribution in [0.15, 0.2) is 24.3 Å². The number of nitro groups is 1. The molecule has 0 aliphatic carbocycles. The molecule has 0 aliphatic rings. The summed E-state index contributed by atoms with van der Waals surface area (Å²) in [6.45, 7) is 2.01. The van der Waals surface area contributed by atoms with Crippen LogP contribution in [0.4, 0.5) is 11.4 Å². The first kappa shape index (κ1) is 11.2. The van der Waals surface area contributed by atoms with Gasteiger partial charge in [-0.25, -0.2) is 0 Å². The number of hydrogen-bond donors (Lipinski definition) is 1. The summed E-state index contributed by atoms with van der Waals surface area (Å²) in [5, 5.41) is 13.4. The van der Waals surface area contributed by atoms with Gasteiger partial charge in [-0.2, -0.15) is 0 Å². The number of non-ortho nitro benzene ring substituents is 1. The zero-order valence-electron chi connectivity index (χ0n) is 8.40. The Morgan fingerprint density at radius 3 is 2.87 bits per heavy atom. The molecular weight excluding hydrogens is 196 g/mol. The molecule has 1 N–H and O–H groups in total. The predicted octanol–water partition coefficient (Wildman–Crippen LogP) is 1.99. The van der Waals surface area contributed by atoms with E-state index in [9.17, 15) is 14.9 Å². The Morgan fingerprint density at radius 2 is 2.27 bits per heavy atom. The highest BCUT2D eigenvalue weighted by Gasteiger charge is 2.04. The van der Waals surface area contributed by atoms with Crippen LogP contribution in [0.1, 0.15) is 13.3 Å². The largest absolute Gasteiger partial charge is 0.384 e. The normalized spacial score (nSPS) is 9.67. The molecule has 5 nitrogen and oxygen atoms in total. The van der Waals surface area contributed by atoms with Crippen LogP contribution in [0.2, 0.25) is 0 Å². The maximum absolute atomic E-state index is 10.7. The zero-order chi connectivity index (χ0) is 11.3. The minimum Gasteiger partial charge on any atom is -0.384 e. The van der Waals surface area contributed by atoms with E-state index in [1.165, 1.54) is 19.1 Å². The number of nitrogens with zero attached hydrogens (tertiary/aromatic N) is 1. The van der Waals surface area contributed by atoms with Crippen LogP contribution >= 0.6 is 0 Å². The van der Waals surface area contributed by atoms with E-state index in [1.807, 2.05) is 0 Å². The lowest BCUT2D eigenvalue weighted by Gasteiger charge is -2.03. The van der Waals surface area contributed by atoms with Crippen LogP contribution in [0.5, 0.6) is 0 Å². The van der Waals surface area contributed by atoms with Gasteiger partial charge in [-0.3, -0.25) is 14.9 Å². The Balaban J connectivity index is 2.58. The van der Waals surface area contributed by atoms with E-state index >= 15 is 0 Å². The molecule has 0 bridgehead atoms. The minimum absolute atomic E-state index is 0.0443. The number of ketones is 1. The van der Waals surface area contributed by atoms with Crippen molar-refractivity contribution < 1.29 is 9.72 Å². The standard InChI is InChI=1S/C10H12N2O3/c1-8(13)5-6-11-9-3-2-4-10(7-9)12(14)15/h2-4,7,11H,5-6H2,1H3. The fourth-order valence-corrected chi connectivity index (χ4v) is 1.11. The fraction of sp³-hybridized carbons (Fsp3) is 0.300. The Kier molecular flexibility index (Phi) is 3.79. The van der Waals surface area contributed by atoms with Gasteiger partial charge in [-0.05, 0) is 13.0 Å². The summed E-state index contributed by atoms with van der Waals surface area (Å²) >= 11 is 0. The molecule has 1 aromatic carbocycles. The molecule has 15 heavy (non-hydrogen) atoms. The molecule has 0 spiro atoms. The summed E-state index contributed by atoms with van der Waals surface area (Å²) in [6, 6.07) is 6.21. The highest BCUT2D eigenvalue weighted by Crippen LogP contribution is 2.16. The average molecular weight is 208 g/mol. The second-order valence-electron chi connectivity index (χ2n) is 3.19. The van der Waals surface area contributed by atoms with Gasteiger partial charge in [0.05, 0.1) is 4.92 Å². The summed E-state index contributed by atoms with van der Waals surface area (Å²) < 4.78 is 0. The number of carbonyl (C=O) groups is 1. The lowest BCUT2D eigenvalue weighted by molar-refractivity contribution is -0.384. The van der Waals surface area contributed by atoms with Crippen molar-refractivity contribution >= 4 is 17.2 Å². The van der Waals surface area contributed by atoms with Crippen molar-refractivity contribution in [2.24, 2.45) is 0 Å². The van der Waals surface area contributed by atoms with Crippen LogP contribution < -0.4 is 5.32 Å². The number of anilines is 1. The van der Waals surface area contributed by atoms with Crippen LogP contribution in [-0.4, -0.2) is 17.3 Å². The Morgan fingerprint density at radius 1 is 1.53 bits per heavy atom. The zero-order valence-corrected chi connectivity index (χ0v) is 8.40. The van der Waals surface area contributed by atoms with Crippen molar-refractivity contribution in [3.8, 4) is 0 Å². The Labute approximate surface area is 87.3 Å². The highest BCUT2D eigenvalue weighted by molar-refractivity contribution is 5.76. The first-order valence-electron chi connectivity index (χ1n) is 4.57. The molecule has 0 radical (unpaired) electrons. The van der Waals surface area contributed by atoms with Crippen LogP contribution in [-0.2, 0) is 4.79 Å². The molecule has 0 saturated heterocycles. The van der Waals surface area contributed by atoms with Gasteiger partial charge in [-0.1, -0.05) is 6.07 Å². The predicted molar refractivity (Wildman–Crippen MR) is 56.9 cm³/mol. The third kappa shape index (κ3) is 3.76. The van der Waals surface area contributed by atoms with Gasteiger partial charge in [0.15, 0.2) is 0 Å². The number of nitrogens with one attached hydrogen (secondary N) is 1. The van der Waals surface area contributed by atoms with E-state index in [0.717, 1.165) is 0 Å². The van der Waals surface area contributed by atoms with E-state index in [2.05, 4.69) is 5.32 Å². The van der Waals surface area contributed by atoms with Crippen molar-refractivity contribution in [1.82, 2.24) is 0 Å². The SMILES string of the molecule is CC(=O)CCNc1cccc([N+](=O)[O-])c1. The number of carbonyl (C=O) groups excluding carboxylic acids is 1. The van der Waals surface area contributed by atoms with Crippen LogP contribution in [0.3, 0.4) is 0 Å². The van der Waals surface area contributed by atoms with E-state index < -0.39 is 4.92 Å². The molecule has 1 aromatic rings. The molecule has 0 atom stereocenters. The molecule has 5 heteroatoms. The van der Waals surface area contributed by atoms with Gasteiger partial charge in [0.1, 0.15) is 5.78 Å². The molecule has 0 unspecified atom stereocenters. The monoisotopic (exact) mass is 208 g/mol. The van der Waals surface area contributed by atoms with Gasteiger partial charge in [0, 0.05) is 30.8 Å². The van der Waals surface area contributed by atoms with Gasteiger partial charge in [-0.15, -0.1) is 0 Å². The highest BCUT2D eigenvalue weighted by atomic mass is 16.6. The lowest BCUT2D eigenvalue weighted by Crippen LogP contribution is -2.05. The van der Waals surface area contributed by atoms with Crippen molar-refractivity contribution in [2.45, 2.75) is 13.3 Å². The van der Waals surface area contributed by atoms with Gasteiger partial charge < -0.3 is 5.32 Å². The molecule has 0 saturated carbocycles.